The van der Waals surface area contributed by atoms with Crippen molar-refractivity contribution >= 4 is 33.4 Å². The molecule has 0 amide bonds. The average molecular weight is 643 g/mol. The van der Waals surface area contributed by atoms with Crippen LogP contribution in [0, 0.1) is 34.1 Å². The number of aromatic nitrogens is 4. The Kier molecular flexibility index (Phi) is 10.6. The Morgan fingerprint density at radius 2 is 1.28 bits per heavy atom. The molecule has 5 atom stereocenters. The van der Waals surface area contributed by atoms with Gasteiger partial charge in [0.05, 0.1) is 38.5 Å². The van der Waals surface area contributed by atoms with Crippen LogP contribution in [0.3, 0.4) is 0 Å². The zero-order valence-corrected chi connectivity index (χ0v) is 25.6. The Bertz CT molecular complexity index is 1690. The number of ether oxygens (including phenoxy) is 3. The molecule has 3 N–H and O–H groups in total. The van der Waals surface area contributed by atoms with Gasteiger partial charge in [-0.3, -0.25) is 20.2 Å². The molecule has 2 aromatic heterocycles. The Balaban J connectivity index is 1.12. The smallest absolute Gasteiger partial charge is 0.271 e. The summed E-state index contributed by atoms with van der Waals surface area (Å²) >= 11 is 0. The SMILES string of the molecule is Cc1nc2cc([N+](=O)[O-])ccc2n1CCCCO[C@H]1[C@H](O)[C@@H](CO)OC(O)[C@@H]1OCCCCn1c(C)nc2cc([N+](=O)[O-])ccc21. The van der Waals surface area contributed by atoms with Gasteiger partial charge in [0, 0.05) is 50.6 Å². The monoisotopic (exact) mass is 642 g/mol. The van der Waals surface area contributed by atoms with E-state index >= 15 is 0 Å². The third-order valence-corrected chi connectivity index (χ3v) is 8.26. The predicted molar refractivity (Wildman–Crippen MR) is 164 cm³/mol. The maximum Gasteiger partial charge on any atom is 0.271 e. The number of hydrogen-bond donors (Lipinski definition) is 3. The summed E-state index contributed by atoms with van der Waals surface area (Å²) in [6.45, 7) is 4.86. The molecule has 2 aromatic carbocycles. The maximum absolute atomic E-state index is 11.1. The number of nitrogens with zero attached hydrogens (tertiary/aromatic N) is 6. The summed E-state index contributed by atoms with van der Waals surface area (Å²) in [6.07, 6.45) is -3.00. The molecule has 16 heteroatoms. The average Bonchev–Trinajstić information content (AvgIpc) is 3.52. The van der Waals surface area contributed by atoms with Gasteiger partial charge in [-0.2, -0.15) is 0 Å². The molecule has 5 rings (SSSR count). The van der Waals surface area contributed by atoms with Gasteiger partial charge < -0.3 is 38.7 Å². The highest BCUT2D eigenvalue weighted by Crippen LogP contribution is 2.27. The fourth-order valence-corrected chi connectivity index (χ4v) is 5.88. The molecule has 0 aliphatic carbocycles. The van der Waals surface area contributed by atoms with Crippen molar-refractivity contribution in [2.24, 2.45) is 0 Å². The number of benzene rings is 2. The number of fused-ring (bicyclic) bond motifs is 2. The first kappa shape index (κ1) is 33.3. The minimum absolute atomic E-state index is 0.0156. The number of nitro benzene ring substituents is 2. The van der Waals surface area contributed by atoms with Crippen molar-refractivity contribution in [3.8, 4) is 0 Å². The molecule has 0 saturated carbocycles. The van der Waals surface area contributed by atoms with E-state index < -0.39 is 47.2 Å². The topological polar surface area (TPSA) is 210 Å². The summed E-state index contributed by atoms with van der Waals surface area (Å²) in [5.74, 6) is 1.47. The molecule has 248 valence electrons. The van der Waals surface area contributed by atoms with Crippen LogP contribution in [-0.4, -0.2) is 94.8 Å². The molecule has 1 saturated heterocycles. The first-order valence-corrected chi connectivity index (χ1v) is 15.2. The number of rotatable bonds is 15. The molecule has 16 nitrogen and oxygen atoms in total. The van der Waals surface area contributed by atoms with Gasteiger partial charge in [-0.15, -0.1) is 0 Å². The van der Waals surface area contributed by atoms with Crippen LogP contribution in [0.2, 0.25) is 0 Å². The van der Waals surface area contributed by atoms with Crippen LogP contribution >= 0.6 is 0 Å². The third-order valence-electron chi connectivity index (χ3n) is 8.26. The van der Waals surface area contributed by atoms with Crippen molar-refractivity contribution in [3.05, 3.63) is 68.3 Å². The van der Waals surface area contributed by atoms with E-state index in [1.807, 2.05) is 23.0 Å². The first-order valence-electron chi connectivity index (χ1n) is 15.2. The van der Waals surface area contributed by atoms with Crippen molar-refractivity contribution in [2.75, 3.05) is 19.8 Å². The molecule has 1 aliphatic heterocycles. The third kappa shape index (κ3) is 7.16. The van der Waals surface area contributed by atoms with Crippen molar-refractivity contribution in [1.29, 1.82) is 0 Å². The Morgan fingerprint density at radius 3 is 1.74 bits per heavy atom. The Labute approximate surface area is 263 Å². The second kappa shape index (κ2) is 14.6. The summed E-state index contributed by atoms with van der Waals surface area (Å²) in [5, 5.41) is 53.3. The van der Waals surface area contributed by atoms with E-state index in [1.54, 1.807) is 12.1 Å². The molecule has 46 heavy (non-hydrogen) atoms. The van der Waals surface area contributed by atoms with Crippen molar-refractivity contribution in [2.45, 2.75) is 83.3 Å². The summed E-state index contributed by atoms with van der Waals surface area (Å²) < 4.78 is 21.3. The van der Waals surface area contributed by atoms with Gasteiger partial charge in [-0.05, 0) is 51.7 Å². The molecule has 4 aromatic rings. The van der Waals surface area contributed by atoms with Gasteiger partial charge in [0.15, 0.2) is 6.29 Å². The highest BCUT2D eigenvalue weighted by atomic mass is 16.7. The molecule has 1 fully saturated rings. The highest BCUT2D eigenvalue weighted by Gasteiger charge is 2.46. The summed E-state index contributed by atoms with van der Waals surface area (Å²) in [5.41, 5.74) is 2.67. The van der Waals surface area contributed by atoms with Crippen LogP contribution in [0.15, 0.2) is 36.4 Å². The fraction of sp³-hybridized carbons (Fsp3) is 0.533. The molecule has 1 unspecified atom stereocenters. The predicted octanol–water partition coefficient (Wildman–Crippen LogP) is 2.92. The molecular weight excluding hydrogens is 604 g/mol. The lowest BCUT2D eigenvalue weighted by Gasteiger charge is -2.42. The first-order chi connectivity index (χ1) is 22.1. The summed E-state index contributed by atoms with van der Waals surface area (Å²) in [4.78, 5) is 30.2. The van der Waals surface area contributed by atoms with Crippen LogP contribution in [-0.2, 0) is 27.3 Å². The summed E-state index contributed by atoms with van der Waals surface area (Å²) in [7, 11) is 0. The molecule has 0 radical (unpaired) electrons. The maximum atomic E-state index is 11.1. The van der Waals surface area contributed by atoms with Crippen LogP contribution in [0.25, 0.3) is 22.1 Å². The normalized spacial score (nSPS) is 21.7. The largest absolute Gasteiger partial charge is 0.394 e. The van der Waals surface area contributed by atoms with E-state index in [0.717, 1.165) is 22.7 Å². The second-order valence-corrected chi connectivity index (χ2v) is 11.3. The highest BCUT2D eigenvalue weighted by molar-refractivity contribution is 5.79. The number of hydrogen-bond acceptors (Lipinski definition) is 12. The van der Waals surface area contributed by atoms with Gasteiger partial charge in [0.25, 0.3) is 11.4 Å². The molecular formula is C30H38N6O10. The lowest BCUT2D eigenvalue weighted by molar-refractivity contribution is -0.384. The number of nitro groups is 2. The van der Waals surface area contributed by atoms with E-state index in [-0.39, 0.29) is 24.6 Å². The quantitative estimate of drug-likeness (QED) is 0.0971. The number of aliphatic hydroxyl groups is 3. The minimum atomic E-state index is -1.41. The zero-order chi connectivity index (χ0) is 33.0. The summed E-state index contributed by atoms with van der Waals surface area (Å²) in [6, 6.07) is 9.19. The van der Waals surface area contributed by atoms with Crippen LogP contribution in [0.5, 0.6) is 0 Å². The number of imidazole rings is 2. The minimum Gasteiger partial charge on any atom is -0.394 e. The van der Waals surface area contributed by atoms with E-state index in [4.69, 9.17) is 14.2 Å². The van der Waals surface area contributed by atoms with Crippen molar-refractivity contribution in [3.63, 3.8) is 0 Å². The molecule has 1 aliphatic rings. The molecule has 3 heterocycles. The number of aryl methyl sites for hydroxylation is 4. The van der Waals surface area contributed by atoms with Gasteiger partial charge in [-0.25, -0.2) is 9.97 Å². The van der Waals surface area contributed by atoms with Gasteiger partial charge >= 0.3 is 0 Å². The van der Waals surface area contributed by atoms with E-state index in [9.17, 15) is 35.5 Å². The number of aliphatic hydroxyl groups excluding tert-OH is 3. The number of non-ortho nitro benzene ring substituents is 2. The molecule has 0 bridgehead atoms. The van der Waals surface area contributed by atoms with Crippen molar-refractivity contribution < 1.29 is 39.4 Å². The van der Waals surface area contributed by atoms with E-state index in [2.05, 4.69) is 9.97 Å². The fourth-order valence-electron chi connectivity index (χ4n) is 5.88. The van der Waals surface area contributed by atoms with Crippen LogP contribution in [0.4, 0.5) is 11.4 Å². The van der Waals surface area contributed by atoms with Gasteiger partial charge in [-0.1, -0.05) is 0 Å². The standard InChI is InChI=1S/C30H38N6O10/c1-18-31-22-15-20(35(40)41)7-9-24(22)33(18)11-3-5-13-44-28-27(38)26(17-37)46-30(39)29(28)45-14-6-4-12-34-19(2)32-23-16-21(36(42)43)8-10-25(23)34/h7-10,15-16,26-30,37-39H,3-6,11-14,17H2,1-2H3/t26-,27-,28+,29-,30?/m1/s1. The Hall–Kier alpha value is -4.06. The van der Waals surface area contributed by atoms with E-state index in [0.29, 0.717) is 49.8 Å². The lowest BCUT2D eigenvalue weighted by atomic mass is 9.98. The van der Waals surface area contributed by atoms with Gasteiger partial charge in [0.2, 0.25) is 0 Å². The number of unbranched alkanes of at least 4 members (excludes halogenated alkanes) is 2. The second-order valence-electron chi connectivity index (χ2n) is 11.3. The van der Waals surface area contributed by atoms with Crippen LogP contribution < -0.4 is 0 Å². The van der Waals surface area contributed by atoms with E-state index in [1.165, 1.54) is 24.3 Å². The Morgan fingerprint density at radius 1 is 0.804 bits per heavy atom. The van der Waals surface area contributed by atoms with Gasteiger partial charge in [0.1, 0.15) is 36.1 Å². The zero-order valence-electron chi connectivity index (χ0n) is 25.6. The van der Waals surface area contributed by atoms with Crippen LogP contribution in [0.1, 0.15) is 37.3 Å². The molecule has 0 spiro atoms. The van der Waals surface area contributed by atoms with Crippen molar-refractivity contribution in [1.82, 2.24) is 19.1 Å². The lowest BCUT2D eigenvalue weighted by Crippen LogP contribution is -2.60.